The molecule has 100 valence electrons. The average molecular weight is 258 g/mol. The van der Waals surface area contributed by atoms with Gasteiger partial charge >= 0.3 is 5.97 Å². The summed E-state index contributed by atoms with van der Waals surface area (Å²) in [5.74, 6) is -0.286. The molecular weight excluding hydrogens is 240 g/mol. The maximum Gasteiger partial charge on any atom is 0.354 e. The standard InChI is InChI=1S/C15H18N2O2/c1-2-19-14(18)13-10-15(17-16-13)8-7-11-5-3-4-6-12(11)9-15/h3-6,17H,2,7-10H2,1H3. The molecule has 0 amide bonds. The predicted molar refractivity (Wildman–Crippen MR) is 73.0 cm³/mol. The highest BCUT2D eigenvalue weighted by Crippen LogP contribution is 2.34. The van der Waals surface area contributed by atoms with Crippen molar-refractivity contribution in [2.75, 3.05) is 6.61 Å². The quantitative estimate of drug-likeness (QED) is 0.823. The van der Waals surface area contributed by atoms with E-state index in [-0.39, 0.29) is 11.5 Å². The van der Waals surface area contributed by atoms with Gasteiger partial charge in [-0.15, -0.1) is 0 Å². The molecule has 0 fully saturated rings. The van der Waals surface area contributed by atoms with Crippen molar-refractivity contribution in [3.05, 3.63) is 35.4 Å². The van der Waals surface area contributed by atoms with Gasteiger partial charge in [0.05, 0.1) is 12.1 Å². The molecule has 1 unspecified atom stereocenters. The Morgan fingerprint density at radius 2 is 2.16 bits per heavy atom. The Kier molecular flexibility index (Phi) is 3.01. The van der Waals surface area contributed by atoms with Crippen LogP contribution in [0.15, 0.2) is 29.4 Å². The van der Waals surface area contributed by atoms with Crippen LogP contribution in [-0.4, -0.2) is 23.8 Å². The monoisotopic (exact) mass is 258 g/mol. The molecule has 0 bridgehead atoms. The van der Waals surface area contributed by atoms with Crippen LogP contribution in [-0.2, 0) is 22.4 Å². The number of aryl methyl sites for hydroxylation is 1. The summed E-state index contributed by atoms with van der Waals surface area (Å²) in [6.45, 7) is 2.21. The van der Waals surface area contributed by atoms with E-state index in [4.69, 9.17) is 4.74 Å². The van der Waals surface area contributed by atoms with Crippen molar-refractivity contribution >= 4 is 11.7 Å². The second kappa shape index (κ2) is 4.68. The molecule has 1 N–H and O–H groups in total. The Morgan fingerprint density at radius 1 is 1.37 bits per heavy atom. The van der Waals surface area contributed by atoms with Crippen LogP contribution in [0, 0.1) is 0 Å². The first kappa shape index (κ1) is 12.2. The lowest BCUT2D eigenvalue weighted by atomic mass is 9.76. The predicted octanol–water partition coefficient (Wildman–Crippen LogP) is 1.83. The summed E-state index contributed by atoms with van der Waals surface area (Å²) in [6.07, 6.45) is 3.64. The summed E-state index contributed by atoms with van der Waals surface area (Å²) in [7, 11) is 0. The second-order valence-corrected chi connectivity index (χ2v) is 5.29. The molecule has 0 saturated heterocycles. The van der Waals surface area contributed by atoms with E-state index in [9.17, 15) is 4.79 Å². The zero-order chi connectivity index (χ0) is 13.3. The third-order valence-electron chi connectivity index (χ3n) is 3.97. The lowest BCUT2D eigenvalue weighted by Gasteiger charge is -2.34. The maximum atomic E-state index is 11.7. The summed E-state index contributed by atoms with van der Waals surface area (Å²) < 4.78 is 5.02. The third-order valence-corrected chi connectivity index (χ3v) is 3.97. The topological polar surface area (TPSA) is 50.7 Å². The van der Waals surface area contributed by atoms with Gasteiger partial charge in [-0.2, -0.15) is 5.10 Å². The molecule has 1 aliphatic carbocycles. The normalized spacial score (nSPS) is 24.6. The van der Waals surface area contributed by atoms with E-state index >= 15 is 0 Å². The molecule has 1 aliphatic heterocycles. The lowest BCUT2D eigenvalue weighted by Crippen LogP contribution is -2.44. The Labute approximate surface area is 112 Å². The SMILES string of the molecule is CCOC(=O)C1=NNC2(CCc3ccccc3C2)C1. The Bertz CT molecular complexity index is 539. The van der Waals surface area contributed by atoms with Crippen LogP contribution in [0.25, 0.3) is 0 Å². The van der Waals surface area contributed by atoms with Crippen molar-refractivity contribution in [1.29, 1.82) is 0 Å². The molecular formula is C15H18N2O2. The molecule has 0 aromatic heterocycles. The first-order chi connectivity index (χ1) is 9.22. The number of carbonyl (C=O) groups excluding carboxylic acids is 1. The van der Waals surface area contributed by atoms with Crippen molar-refractivity contribution in [3.63, 3.8) is 0 Å². The van der Waals surface area contributed by atoms with Gasteiger partial charge in [0.2, 0.25) is 0 Å². The average Bonchev–Trinajstić information content (AvgIpc) is 2.83. The van der Waals surface area contributed by atoms with Crippen LogP contribution in [0.3, 0.4) is 0 Å². The molecule has 1 aromatic rings. The van der Waals surface area contributed by atoms with E-state index in [1.54, 1.807) is 0 Å². The van der Waals surface area contributed by atoms with Crippen molar-refractivity contribution in [2.45, 2.75) is 38.1 Å². The van der Waals surface area contributed by atoms with E-state index in [1.807, 2.05) is 6.92 Å². The number of ether oxygens (including phenoxy) is 1. The number of fused-ring (bicyclic) bond motifs is 1. The molecule has 19 heavy (non-hydrogen) atoms. The Morgan fingerprint density at radius 3 is 2.95 bits per heavy atom. The number of rotatable bonds is 2. The molecule has 4 heteroatoms. The van der Waals surface area contributed by atoms with E-state index < -0.39 is 0 Å². The van der Waals surface area contributed by atoms with E-state index in [2.05, 4.69) is 34.8 Å². The van der Waals surface area contributed by atoms with Crippen molar-refractivity contribution in [2.24, 2.45) is 5.10 Å². The molecule has 3 rings (SSSR count). The molecule has 2 aliphatic rings. The fourth-order valence-electron chi connectivity index (χ4n) is 2.96. The van der Waals surface area contributed by atoms with Gasteiger partial charge in [0.25, 0.3) is 0 Å². The smallest absolute Gasteiger partial charge is 0.354 e. The number of benzene rings is 1. The molecule has 1 heterocycles. The van der Waals surface area contributed by atoms with E-state index in [0.717, 1.165) is 19.3 Å². The van der Waals surface area contributed by atoms with Gasteiger partial charge in [-0.3, -0.25) is 0 Å². The first-order valence-electron chi connectivity index (χ1n) is 6.80. The molecule has 1 aromatic carbocycles. The fourth-order valence-corrected chi connectivity index (χ4v) is 2.96. The molecule has 4 nitrogen and oxygen atoms in total. The van der Waals surface area contributed by atoms with Gasteiger partial charge in [0.1, 0.15) is 5.71 Å². The van der Waals surface area contributed by atoms with Gasteiger partial charge in [0, 0.05) is 6.42 Å². The van der Waals surface area contributed by atoms with Gasteiger partial charge in [-0.1, -0.05) is 24.3 Å². The zero-order valence-electron chi connectivity index (χ0n) is 11.1. The van der Waals surface area contributed by atoms with Crippen molar-refractivity contribution < 1.29 is 9.53 Å². The van der Waals surface area contributed by atoms with Crippen LogP contribution >= 0.6 is 0 Å². The third kappa shape index (κ3) is 2.23. The number of carbonyl (C=O) groups is 1. The van der Waals surface area contributed by atoms with E-state index in [0.29, 0.717) is 18.7 Å². The number of nitrogens with one attached hydrogen (secondary N) is 1. The second-order valence-electron chi connectivity index (χ2n) is 5.29. The van der Waals surface area contributed by atoms with E-state index in [1.165, 1.54) is 11.1 Å². The highest BCUT2D eigenvalue weighted by Gasteiger charge is 2.41. The summed E-state index contributed by atoms with van der Waals surface area (Å²) in [4.78, 5) is 11.7. The zero-order valence-corrected chi connectivity index (χ0v) is 11.1. The molecule has 1 atom stereocenters. The van der Waals surface area contributed by atoms with Gasteiger partial charge < -0.3 is 10.2 Å². The minimum absolute atomic E-state index is 0.0869. The maximum absolute atomic E-state index is 11.7. The Balaban J connectivity index is 1.74. The van der Waals surface area contributed by atoms with Gasteiger partial charge in [-0.25, -0.2) is 4.79 Å². The Hall–Kier alpha value is -1.84. The summed E-state index contributed by atoms with van der Waals surface area (Å²) >= 11 is 0. The number of nitrogens with zero attached hydrogens (tertiary/aromatic N) is 1. The highest BCUT2D eigenvalue weighted by atomic mass is 16.5. The molecule has 0 saturated carbocycles. The van der Waals surface area contributed by atoms with Crippen molar-refractivity contribution in [1.82, 2.24) is 5.43 Å². The molecule has 0 radical (unpaired) electrons. The molecule has 1 spiro atoms. The number of hydrogen-bond acceptors (Lipinski definition) is 4. The summed E-state index contributed by atoms with van der Waals surface area (Å²) in [6, 6.07) is 8.50. The summed E-state index contributed by atoms with van der Waals surface area (Å²) in [5.41, 5.74) is 6.41. The fraction of sp³-hybridized carbons (Fsp3) is 0.467. The van der Waals surface area contributed by atoms with Crippen LogP contribution in [0.1, 0.15) is 30.9 Å². The van der Waals surface area contributed by atoms with Gasteiger partial charge in [-0.05, 0) is 37.3 Å². The van der Waals surface area contributed by atoms with Crippen LogP contribution in [0.5, 0.6) is 0 Å². The number of hydrazone groups is 1. The summed E-state index contributed by atoms with van der Waals surface area (Å²) in [5, 5.41) is 4.20. The lowest BCUT2D eigenvalue weighted by molar-refractivity contribution is -0.135. The van der Waals surface area contributed by atoms with Crippen LogP contribution in [0.4, 0.5) is 0 Å². The highest BCUT2D eigenvalue weighted by molar-refractivity contribution is 6.37. The minimum atomic E-state index is -0.286. The van der Waals surface area contributed by atoms with Gasteiger partial charge in [0.15, 0.2) is 0 Å². The first-order valence-corrected chi connectivity index (χ1v) is 6.80. The van der Waals surface area contributed by atoms with Crippen LogP contribution in [0.2, 0.25) is 0 Å². The largest absolute Gasteiger partial charge is 0.461 e. The minimum Gasteiger partial charge on any atom is -0.461 e. The van der Waals surface area contributed by atoms with Crippen LogP contribution < -0.4 is 5.43 Å². The van der Waals surface area contributed by atoms with Crippen molar-refractivity contribution in [3.8, 4) is 0 Å². The number of hydrogen-bond donors (Lipinski definition) is 1. The number of esters is 1.